The van der Waals surface area contributed by atoms with Gasteiger partial charge >= 0.3 is 0 Å². The Bertz CT molecular complexity index is 568. The molecule has 0 amide bonds. The lowest BCUT2D eigenvalue weighted by atomic mass is 10.0. The fourth-order valence-corrected chi connectivity index (χ4v) is 1.89. The first-order chi connectivity index (χ1) is 8.25. The summed E-state index contributed by atoms with van der Waals surface area (Å²) < 4.78 is 24.0. The third kappa shape index (κ3) is 1.62. The molecular formula is C11H10FN3O2. The molecule has 88 valence electrons. The van der Waals surface area contributed by atoms with E-state index in [0.717, 1.165) is 0 Å². The summed E-state index contributed by atoms with van der Waals surface area (Å²) >= 11 is 0. The lowest BCUT2D eigenvalue weighted by Gasteiger charge is -2.20. The highest BCUT2D eigenvalue weighted by atomic mass is 19.1. The Morgan fingerprint density at radius 3 is 3.00 bits per heavy atom. The molecule has 0 radical (unpaired) electrons. The molecule has 17 heavy (non-hydrogen) atoms. The first kappa shape index (κ1) is 10.1. The minimum absolute atomic E-state index is 0.156. The summed E-state index contributed by atoms with van der Waals surface area (Å²) in [6, 6.07) is 2.78. The number of ether oxygens (including phenoxy) is 2. The topological polar surface area (TPSA) is 73.2 Å². The van der Waals surface area contributed by atoms with Crippen LogP contribution in [0.1, 0.15) is 5.56 Å². The minimum Gasteiger partial charge on any atom is -0.467 e. The number of rotatable bonds is 1. The van der Waals surface area contributed by atoms with Crippen molar-refractivity contribution in [2.45, 2.75) is 6.61 Å². The van der Waals surface area contributed by atoms with E-state index in [1.807, 2.05) is 0 Å². The number of nitrogens with zero attached hydrogens (tertiary/aromatic N) is 1. The molecule has 3 rings (SSSR count). The fraction of sp³-hybridized carbons (Fsp3) is 0.182. The van der Waals surface area contributed by atoms with Crippen LogP contribution in [0.3, 0.4) is 0 Å². The van der Waals surface area contributed by atoms with E-state index in [2.05, 4.69) is 10.2 Å². The number of H-pyrrole nitrogens is 1. The van der Waals surface area contributed by atoms with Gasteiger partial charge in [-0.1, -0.05) is 0 Å². The van der Waals surface area contributed by atoms with Crippen LogP contribution in [0.25, 0.3) is 11.1 Å². The molecule has 6 heteroatoms. The number of anilines is 1. The van der Waals surface area contributed by atoms with Gasteiger partial charge in [0.1, 0.15) is 17.4 Å². The molecule has 0 saturated carbocycles. The Labute approximate surface area is 96.3 Å². The van der Waals surface area contributed by atoms with Crippen molar-refractivity contribution in [2.24, 2.45) is 0 Å². The van der Waals surface area contributed by atoms with Crippen LogP contribution < -0.4 is 10.5 Å². The van der Waals surface area contributed by atoms with Crippen molar-refractivity contribution < 1.29 is 13.9 Å². The second kappa shape index (κ2) is 3.74. The number of nitrogen functional groups attached to an aromatic ring is 1. The third-order valence-electron chi connectivity index (χ3n) is 2.63. The number of nitrogens with one attached hydrogen (secondary N) is 1. The average molecular weight is 235 g/mol. The molecule has 2 aromatic rings. The molecule has 0 bridgehead atoms. The predicted molar refractivity (Wildman–Crippen MR) is 58.7 cm³/mol. The summed E-state index contributed by atoms with van der Waals surface area (Å²) in [6.45, 7) is 0.487. The van der Waals surface area contributed by atoms with E-state index in [1.165, 1.54) is 12.1 Å². The molecule has 5 nitrogen and oxygen atoms in total. The zero-order valence-electron chi connectivity index (χ0n) is 8.87. The molecule has 1 aliphatic heterocycles. The number of halogens is 1. The molecule has 1 aliphatic rings. The van der Waals surface area contributed by atoms with Crippen LogP contribution in [0, 0.1) is 5.82 Å². The molecule has 0 unspecified atom stereocenters. The molecule has 1 aromatic heterocycles. The number of benzene rings is 1. The smallest absolute Gasteiger partial charge is 0.189 e. The maximum atomic E-state index is 13.5. The molecule has 0 aliphatic carbocycles. The van der Waals surface area contributed by atoms with E-state index in [9.17, 15) is 4.39 Å². The number of aromatic nitrogens is 2. The Morgan fingerprint density at radius 2 is 2.24 bits per heavy atom. The molecule has 0 fully saturated rings. The maximum Gasteiger partial charge on any atom is 0.189 e. The van der Waals surface area contributed by atoms with Gasteiger partial charge in [0.05, 0.1) is 12.8 Å². The van der Waals surface area contributed by atoms with Crippen molar-refractivity contribution in [1.29, 1.82) is 0 Å². The SMILES string of the molecule is Nc1[nH]ncc1-c1cc(F)cc2c1OCOC2. The highest BCUT2D eigenvalue weighted by Crippen LogP contribution is 2.38. The monoisotopic (exact) mass is 235 g/mol. The second-order valence-electron chi connectivity index (χ2n) is 3.75. The van der Waals surface area contributed by atoms with Gasteiger partial charge in [0.2, 0.25) is 0 Å². The summed E-state index contributed by atoms with van der Waals surface area (Å²) in [5.74, 6) is 0.632. The number of fused-ring (bicyclic) bond motifs is 1. The van der Waals surface area contributed by atoms with E-state index < -0.39 is 0 Å². The lowest BCUT2D eigenvalue weighted by molar-refractivity contribution is -0.0161. The Morgan fingerprint density at radius 1 is 1.35 bits per heavy atom. The number of nitrogens with two attached hydrogens (primary N) is 1. The number of hydrogen-bond donors (Lipinski definition) is 2. The zero-order valence-corrected chi connectivity index (χ0v) is 8.87. The Kier molecular flexibility index (Phi) is 2.22. The fourth-order valence-electron chi connectivity index (χ4n) is 1.89. The van der Waals surface area contributed by atoms with Crippen LogP contribution >= 0.6 is 0 Å². The summed E-state index contributed by atoms with van der Waals surface area (Å²) in [4.78, 5) is 0. The molecule has 2 heterocycles. The minimum atomic E-state index is -0.353. The van der Waals surface area contributed by atoms with E-state index in [4.69, 9.17) is 15.2 Å². The first-order valence-corrected chi connectivity index (χ1v) is 5.08. The van der Waals surface area contributed by atoms with Gasteiger partial charge in [-0.2, -0.15) is 5.10 Å². The van der Waals surface area contributed by atoms with Crippen LogP contribution in [0.4, 0.5) is 10.2 Å². The van der Waals surface area contributed by atoms with Crippen LogP contribution in [0.15, 0.2) is 18.3 Å². The van der Waals surface area contributed by atoms with Gasteiger partial charge in [-0.25, -0.2) is 4.39 Å². The van der Waals surface area contributed by atoms with Crippen molar-refractivity contribution in [1.82, 2.24) is 10.2 Å². The third-order valence-corrected chi connectivity index (χ3v) is 2.63. The predicted octanol–water partition coefficient (Wildman–Crippen LogP) is 1.66. The molecule has 0 spiro atoms. The number of aromatic amines is 1. The zero-order chi connectivity index (χ0) is 11.8. The van der Waals surface area contributed by atoms with Gasteiger partial charge in [0.25, 0.3) is 0 Å². The van der Waals surface area contributed by atoms with E-state index in [1.54, 1.807) is 6.20 Å². The lowest BCUT2D eigenvalue weighted by Crippen LogP contribution is -2.12. The van der Waals surface area contributed by atoms with Gasteiger partial charge in [-0.3, -0.25) is 5.10 Å². The molecule has 0 atom stereocenters. The quantitative estimate of drug-likeness (QED) is 0.788. The van der Waals surface area contributed by atoms with Crippen LogP contribution in [0.5, 0.6) is 5.75 Å². The van der Waals surface area contributed by atoms with E-state index in [0.29, 0.717) is 34.9 Å². The standard InChI is InChI=1S/C11H10FN3O2/c12-7-1-6-4-16-5-17-10(6)8(2-7)9-3-14-15-11(9)13/h1-3H,4-5H2,(H3,13,14,15). The van der Waals surface area contributed by atoms with Gasteiger partial charge in [-0.15, -0.1) is 0 Å². The van der Waals surface area contributed by atoms with Gasteiger partial charge in [-0.05, 0) is 12.1 Å². The normalized spacial score (nSPS) is 14.2. The van der Waals surface area contributed by atoms with Gasteiger partial charge in [0, 0.05) is 16.7 Å². The Balaban J connectivity index is 2.22. The number of hydrogen-bond acceptors (Lipinski definition) is 4. The van der Waals surface area contributed by atoms with Crippen molar-refractivity contribution >= 4 is 5.82 Å². The summed E-state index contributed by atoms with van der Waals surface area (Å²) in [5, 5.41) is 6.43. The van der Waals surface area contributed by atoms with Gasteiger partial charge < -0.3 is 15.2 Å². The van der Waals surface area contributed by atoms with Crippen molar-refractivity contribution in [2.75, 3.05) is 12.5 Å². The molecule has 3 N–H and O–H groups in total. The van der Waals surface area contributed by atoms with Crippen molar-refractivity contribution in [3.05, 3.63) is 29.7 Å². The first-order valence-electron chi connectivity index (χ1n) is 5.08. The Hall–Kier alpha value is -2.08. The van der Waals surface area contributed by atoms with Crippen LogP contribution in [0.2, 0.25) is 0 Å². The van der Waals surface area contributed by atoms with Gasteiger partial charge in [0.15, 0.2) is 6.79 Å². The largest absolute Gasteiger partial charge is 0.467 e. The molecule has 0 saturated heterocycles. The highest BCUT2D eigenvalue weighted by molar-refractivity contribution is 5.79. The second-order valence-corrected chi connectivity index (χ2v) is 3.75. The van der Waals surface area contributed by atoms with Crippen molar-refractivity contribution in [3.63, 3.8) is 0 Å². The molecule has 1 aromatic carbocycles. The maximum absolute atomic E-state index is 13.5. The summed E-state index contributed by atoms with van der Waals surface area (Å²) in [7, 11) is 0. The molecular weight excluding hydrogens is 225 g/mol. The summed E-state index contributed by atoms with van der Waals surface area (Å²) in [6.07, 6.45) is 1.54. The van der Waals surface area contributed by atoms with E-state index >= 15 is 0 Å². The van der Waals surface area contributed by atoms with Crippen LogP contribution in [-0.2, 0) is 11.3 Å². The summed E-state index contributed by atoms with van der Waals surface area (Å²) in [5.41, 5.74) is 7.62. The van der Waals surface area contributed by atoms with Crippen molar-refractivity contribution in [3.8, 4) is 16.9 Å². The van der Waals surface area contributed by atoms with Crippen LogP contribution in [-0.4, -0.2) is 17.0 Å². The van der Waals surface area contributed by atoms with E-state index in [-0.39, 0.29) is 12.6 Å². The highest BCUT2D eigenvalue weighted by Gasteiger charge is 2.20. The average Bonchev–Trinajstić information content (AvgIpc) is 2.74.